The van der Waals surface area contributed by atoms with Crippen LogP contribution in [0.1, 0.15) is 10.4 Å². The van der Waals surface area contributed by atoms with Gasteiger partial charge in [0, 0.05) is 28.2 Å². The van der Waals surface area contributed by atoms with Crippen molar-refractivity contribution in [3.05, 3.63) is 99.1 Å². The van der Waals surface area contributed by atoms with Crippen molar-refractivity contribution >= 4 is 45.5 Å². The molecule has 4 aromatic rings. The van der Waals surface area contributed by atoms with E-state index in [0.717, 1.165) is 0 Å². The van der Waals surface area contributed by atoms with Crippen molar-refractivity contribution < 1.29 is 18.9 Å². The predicted molar refractivity (Wildman–Crippen MR) is 120 cm³/mol. The molecule has 0 fully saturated rings. The predicted octanol–water partition coefficient (Wildman–Crippen LogP) is 5.49. The van der Waals surface area contributed by atoms with Crippen LogP contribution in [-0.2, 0) is 0 Å². The number of nitro benzene ring substituents is 1. The molecule has 0 bridgehead atoms. The average Bonchev–Trinajstić information content (AvgIpc) is 2.80. The molecule has 0 aliphatic heterocycles. The Balaban J connectivity index is 1.84. The molecular weight excluding hydrogens is 434 g/mol. The Labute approximate surface area is 186 Å². The van der Waals surface area contributed by atoms with E-state index in [1.807, 2.05) is 0 Å². The maximum Gasteiger partial charge on any atom is 0.270 e. The van der Waals surface area contributed by atoms with Gasteiger partial charge in [0.25, 0.3) is 11.6 Å². The van der Waals surface area contributed by atoms with E-state index in [9.17, 15) is 14.9 Å². The molecular formula is C23H16ClN3O5. The fourth-order valence-corrected chi connectivity index (χ4v) is 3.11. The van der Waals surface area contributed by atoms with Gasteiger partial charge in [0.15, 0.2) is 0 Å². The lowest BCUT2D eigenvalue weighted by molar-refractivity contribution is -0.384. The molecule has 1 aromatic heterocycles. The number of fused-ring (bicyclic) bond motifs is 1. The molecule has 0 radical (unpaired) electrons. The van der Waals surface area contributed by atoms with E-state index >= 15 is 0 Å². The summed E-state index contributed by atoms with van der Waals surface area (Å²) in [7, 11) is 1.56. The van der Waals surface area contributed by atoms with Gasteiger partial charge in [-0.1, -0.05) is 11.6 Å². The van der Waals surface area contributed by atoms with Gasteiger partial charge >= 0.3 is 0 Å². The second kappa shape index (κ2) is 8.91. The lowest BCUT2D eigenvalue weighted by Crippen LogP contribution is -2.21. The third-order valence-electron chi connectivity index (χ3n) is 4.59. The Hall–Kier alpha value is -4.17. The molecule has 8 nitrogen and oxygen atoms in total. The highest BCUT2D eigenvalue weighted by Gasteiger charge is 2.15. The Morgan fingerprint density at radius 3 is 2.44 bits per heavy atom. The first-order valence-electron chi connectivity index (χ1n) is 9.41. The van der Waals surface area contributed by atoms with Crippen molar-refractivity contribution in [2.24, 2.45) is 4.99 Å². The standard InChI is InChI=1S/C23H16ClN3O5/c1-31-19-9-6-17(7-10-19)26-23-20(22(28)25-16-4-2-15(24)3-5-16)13-14-12-18(27(29)30)8-11-21(14)32-23/h2-13H,1H3,(H,25,28). The van der Waals surface area contributed by atoms with Crippen LogP contribution in [0.25, 0.3) is 11.0 Å². The number of hydrogen-bond acceptors (Lipinski definition) is 6. The maximum atomic E-state index is 13.1. The number of nitrogens with one attached hydrogen (secondary N) is 1. The van der Waals surface area contributed by atoms with Crippen molar-refractivity contribution in [1.29, 1.82) is 0 Å². The lowest BCUT2D eigenvalue weighted by Gasteiger charge is -2.07. The van der Waals surface area contributed by atoms with Gasteiger partial charge in [0.2, 0.25) is 5.55 Å². The van der Waals surface area contributed by atoms with Crippen molar-refractivity contribution in [2.45, 2.75) is 0 Å². The van der Waals surface area contributed by atoms with E-state index in [-0.39, 0.29) is 16.8 Å². The molecule has 0 spiro atoms. The minimum Gasteiger partial charge on any atom is -0.497 e. The van der Waals surface area contributed by atoms with E-state index in [4.69, 9.17) is 20.8 Å². The van der Waals surface area contributed by atoms with E-state index in [0.29, 0.717) is 33.1 Å². The van der Waals surface area contributed by atoms with Crippen LogP contribution in [0.4, 0.5) is 17.1 Å². The summed E-state index contributed by atoms with van der Waals surface area (Å²) in [6, 6.07) is 19.2. The number of methoxy groups -OCH3 is 1. The molecule has 0 saturated carbocycles. The van der Waals surface area contributed by atoms with E-state index in [1.165, 1.54) is 24.3 Å². The average molecular weight is 450 g/mol. The summed E-state index contributed by atoms with van der Waals surface area (Å²) in [5.74, 6) is 0.171. The number of ether oxygens (including phenoxy) is 1. The van der Waals surface area contributed by atoms with Crippen LogP contribution < -0.4 is 15.6 Å². The smallest absolute Gasteiger partial charge is 0.270 e. The molecule has 32 heavy (non-hydrogen) atoms. The molecule has 1 amide bonds. The van der Waals surface area contributed by atoms with E-state index in [1.54, 1.807) is 55.6 Å². The van der Waals surface area contributed by atoms with Gasteiger partial charge in [-0.3, -0.25) is 14.9 Å². The Morgan fingerprint density at radius 2 is 1.78 bits per heavy atom. The lowest BCUT2D eigenvalue weighted by atomic mass is 10.1. The van der Waals surface area contributed by atoms with Gasteiger partial charge in [0.05, 0.1) is 17.7 Å². The highest BCUT2D eigenvalue weighted by molar-refractivity contribution is 6.30. The van der Waals surface area contributed by atoms with E-state index < -0.39 is 10.8 Å². The summed E-state index contributed by atoms with van der Waals surface area (Å²) in [4.78, 5) is 28.2. The van der Waals surface area contributed by atoms with Gasteiger partial charge < -0.3 is 14.5 Å². The molecule has 0 atom stereocenters. The highest BCUT2D eigenvalue weighted by atomic mass is 35.5. The summed E-state index contributed by atoms with van der Waals surface area (Å²) in [5, 5.41) is 14.8. The van der Waals surface area contributed by atoms with Gasteiger partial charge in [-0.25, -0.2) is 4.99 Å². The molecule has 160 valence electrons. The summed E-state index contributed by atoms with van der Waals surface area (Å²) in [6.07, 6.45) is 0. The van der Waals surface area contributed by atoms with Crippen molar-refractivity contribution in [2.75, 3.05) is 12.4 Å². The van der Waals surface area contributed by atoms with Crippen LogP contribution in [0.2, 0.25) is 5.02 Å². The number of carbonyl (C=O) groups excluding carboxylic acids is 1. The van der Waals surface area contributed by atoms with Gasteiger partial charge in [0.1, 0.15) is 16.9 Å². The Bertz CT molecular complexity index is 1380. The molecule has 9 heteroatoms. The zero-order valence-corrected chi connectivity index (χ0v) is 17.5. The topological polar surface area (TPSA) is 107 Å². The van der Waals surface area contributed by atoms with Crippen LogP contribution in [0, 0.1) is 10.1 Å². The Morgan fingerprint density at radius 1 is 1.06 bits per heavy atom. The zero-order chi connectivity index (χ0) is 22.7. The first-order valence-corrected chi connectivity index (χ1v) is 9.79. The summed E-state index contributed by atoms with van der Waals surface area (Å²) in [5.41, 5.74) is 1.47. The summed E-state index contributed by atoms with van der Waals surface area (Å²) >= 11 is 5.90. The molecule has 1 N–H and O–H groups in total. The molecule has 3 aromatic carbocycles. The molecule has 0 unspecified atom stereocenters. The van der Waals surface area contributed by atoms with E-state index in [2.05, 4.69) is 10.3 Å². The Kier molecular flexibility index (Phi) is 5.87. The van der Waals surface area contributed by atoms with Gasteiger partial charge in [-0.05, 0) is 60.7 Å². The SMILES string of the molecule is COc1ccc(N=c2oc3ccc([N+](=O)[O-])cc3cc2C(=O)Nc2ccc(Cl)cc2)cc1. The number of anilines is 1. The molecule has 4 rings (SSSR count). The quantitative estimate of drug-likeness (QED) is 0.320. The first kappa shape index (κ1) is 21.1. The highest BCUT2D eigenvalue weighted by Crippen LogP contribution is 2.22. The molecule has 0 aliphatic carbocycles. The normalized spacial score (nSPS) is 11.4. The van der Waals surface area contributed by atoms with Crippen LogP contribution in [0.5, 0.6) is 5.75 Å². The maximum absolute atomic E-state index is 13.1. The number of rotatable bonds is 5. The number of hydrogen-bond donors (Lipinski definition) is 1. The molecule has 0 saturated heterocycles. The number of benzene rings is 3. The van der Waals surface area contributed by atoms with Crippen molar-refractivity contribution in [3.63, 3.8) is 0 Å². The van der Waals surface area contributed by atoms with Crippen LogP contribution in [0.3, 0.4) is 0 Å². The van der Waals surface area contributed by atoms with Crippen LogP contribution >= 0.6 is 11.6 Å². The largest absolute Gasteiger partial charge is 0.497 e. The van der Waals surface area contributed by atoms with Gasteiger partial charge in [-0.15, -0.1) is 0 Å². The number of non-ortho nitro benzene ring substituents is 1. The first-order chi connectivity index (χ1) is 15.4. The number of carbonyl (C=O) groups is 1. The second-order valence-electron chi connectivity index (χ2n) is 6.72. The summed E-state index contributed by atoms with van der Waals surface area (Å²) < 4.78 is 11.0. The number of amides is 1. The number of nitrogens with zero attached hydrogens (tertiary/aromatic N) is 2. The number of nitro groups is 1. The molecule has 0 aliphatic rings. The van der Waals surface area contributed by atoms with Crippen LogP contribution in [-0.4, -0.2) is 17.9 Å². The minimum atomic E-state index is -0.511. The molecule has 1 heterocycles. The van der Waals surface area contributed by atoms with Crippen molar-refractivity contribution in [3.8, 4) is 5.75 Å². The van der Waals surface area contributed by atoms with Crippen LogP contribution in [0.15, 0.2) is 82.2 Å². The third kappa shape index (κ3) is 4.60. The minimum absolute atomic E-state index is 0.0583. The fourth-order valence-electron chi connectivity index (χ4n) is 2.98. The summed E-state index contributed by atoms with van der Waals surface area (Å²) in [6.45, 7) is 0. The van der Waals surface area contributed by atoms with Crippen molar-refractivity contribution in [1.82, 2.24) is 0 Å². The zero-order valence-electron chi connectivity index (χ0n) is 16.7. The fraction of sp³-hybridized carbons (Fsp3) is 0.0435. The number of halogens is 1. The second-order valence-corrected chi connectivity index (χ2v) is 7.15. The van der Waals surface area contributed by atoms with Gasteiger partial charge in [-0.2, -0.15) is 0 Å². The third-order valence-corrected chi connectivity index (χ3v) is 4.84. The monoisotopic (exact) mass is 449 g/mol.